The van der Waals surface area contributed by atoms with E-state index in [1.807, 2.05) is 12.1 Å². The van der Waals surface area contributed by atoms with Gasteiger partial charge in [-0.1, -0.05) is 6.07 Å². The molecule has 0 radical (unpaired) electrons. The maximum absolute atomic E-state index is 11.6. The molecule has 0 aliphatic carbocycles. The molecule has 1 fully saturated rings. The minimum atomic E-state index is -0.364. The van der Waals surface area contributed by atoms with Gasteiger partial charge in [-0.05, 0) is 43.5 Å². The zero-order valence-corrected chi connectivity index (χ0v) is 13.2. The maximum Gasteiger partial charge on any atom is 0.337 e. The first-order chi connectivity index (χ1) is 11.3. The molecule has 1 aromatic heterocycles. The molecule has 1 saturated heterocycles. The molecule has 1 N–H and O–H groups in total. The predicted molar refractivity (Wildman–Crippen MR) is 89.2 cm³/mol. The highest BCUT2D eigenvalue weighted by Crippen LogP contribution is 2.20. The van der Waals surface area contributed by atoms with E-state index in [0.717, 1.165) is 24.6 Å². The summed E-state index contributed by atoms with van der Waals surface area (Å²) < 4.78 is 4.74. The molecule has 0 saturated carbocycles. The summed E-state index contributed by atoms with van der Waals surface area (Å²) in [5, 5.41) is 3.15. The van der Waals surface area contributed by atoms with Crippen LogP contribution in [0.15, 0.2) is 36.5 Å². The number of carbonyl (C=O) groups excluding carboxylic acids is 1. The van der Waals surface area contributed by atoms with Crippen LogP contribution >= 0.6 is 0 Å². The van der Waals surface area contributed by atoms with Crippen molar-refractivity contribution in [2.45, 2.75) is 19.3 Å². The summed E-state index contributed by atoms with van der Waals surface area (Å²) in [5.41, 5.74) is 1.24. The van der Waals surface area contributed by atoms with Gasteiger partial charge < -0.3 is 15.0 Å². The standard InChI is InChI=1S/C17H20N4O2/c1-23-16(22)13-6-5-7-14(12-13)19-17-18-9-8-15(20-17)21-10-3-2-4-11-21/h5-9,12H,2-4,10-11H2,1H3,(H,18,19,20). The molecule has 0 atom stereocenters. The molecular weight excluding hydrogens is 292 g/mol. The fourth-order valence-corrected chi connectivity index (χ4v) is 2.68. The third-order valence-corrected chi connectivity index (χ3v) is 3.86. The number of anilines is 3. The zero-order valence-electron chi connectivity index (χ0n) is 13.2. The number of benzene rings is 1. The molecule has 2 aromatic rings. The van der Waals surface area contributed by atoms with Crippen molar-refractivity contribution >= 4 is 23.4 Å². The van der Waals surface area contributed by atoms with Gasteiger partial charge in [-0.15, -0.1) is 0 Å². The Labute approximate surface area is 135 Å². The Hall–Kier alpha value is -2.63. The minimum absolute atomic E-state index is 0.364. The zero-order chi connectivity index (χ0) is 16.1. The minimum Gasteiger partial charge on any atom is -0.465 e. The summed E-state index contributed by atoms with van der Waals surface area (Å²) in [6, 6.07) is 9.03. The van der Waals surface area contributed by atoms with E-state index >= 15 is 0 Å². The van der Waals surface area contributed by atoms with Gasteiger partial charge in [0.05, 0.1) is 12.7 Å². The SMILES string of the molecule is COC(=O)c1cccc(Nc2nccc(N3CCCCC3)n2)c1. The van der Waals surface area contributed by atoms with Gasteiger partial charge in [0.2, 0.25) is 5.95 Å². The number of nitrogens with one attached hydrogen (secondary N) is 1. The molecule has 120 valence electrons. The quantitative estimate of drug-likeness (QED) is 0.875. The fraction of sp³-hybridized carbons (Fsp3) is 0.353. The summed E-state index contributed by atoms with van der Waals surface area (Å²) >= 11 is 0. The number of hydrogen-bond acceptors (Lipinski definition) is 6. The molecule has 3 rings (SSSR count). The van der Waals surface area contributed by atoms with E-state index in [-0.39, 0.29) is 5.97 Å². The number of hydrogen-bond donors (Lipinski definition) is 1. The first kappa shape index (κ1) is 15.3. The Morgan fingerprint density at radius 1 is 1.22 bits per heavy atom. The first-order valence-corrected chi connectivity index (χ1v) is 7.79. The van der Waals surface area contributed by atoms with Crippen LogP contribution in [0.1, 0.15) is 29.6 Å². The second kappa shape index (κ2) is 7.09. The monoisotopic (exact) mass is 312 g/mol. The van der Waals surface area contributed by atoms with Crippen molar-refractivity contribution in [3.8, 4) is 0 Å². The van der Waals surface area contributed by atoms with Crippen LogP contribution in [0.3, 0.4) is 0 Å². The summed E-state index contributed by atoms with van der Waals surface area (Å²) in [6.07, 6.45) is 5.44. The van der Waals surface area contributed by atoms with E-state index < -0.39 is 0 Å². The molecule has 2 heterocycles. The fourth-order valence-electron chi connectivity index (χ4n) is 2.68. The van der Waals surface area contributed by atoms with Crippen LogP contribution in [-0.2, 0) is 4.74 Å². The molecule has 0 bridgehead atoms. The number of nitrogens with zero attached hydrogens (tertiary/aromatic N) is 3. The van der Waals surface area contributed by atoms with Crippen molar-refractivity contribution in [2.24, 2.45) is 0 Å². The van der Waals surface area contributed by atoms with E-state index in [9.17, 15) is 4.79 Å². The van der Waals surface area contributed by atoms with Crippen molar-refractivity contribution in [1.29, 1.82) is 0 Å². The second-order valence-electron chi connectivity index (χ2n) is 5.48. The highest BCUT2D eigenvalue weighted by atomic mass is 16.5. The van der Waals surface area contributed by atoms with Crippen LogP contribution in [0.5, 0.6) is 0 Å². The summed E-state index contributed by atoms with van der Waals surface area (Å²) in [6.45, 7) is 2.07. The van der Waals surface area contributed by atoms with E-state index in [4.69, 9.17) is 4.74 Å². The molecule has 23 heavy (non-hydrogen) atoms. The normalized spacial score (nSPS) is 14.4. The van der Waals surface area contributed by atoms with Gasteiger partial charge >= 0.3 is 5.97 Å². The second-order valence-corrected chi connectivity index (χ2v) is 5.48. The summed E-state index contributed by atoms with van der Waals surface area (Å²) in [4.78, 5) is 22.7. The Morgan fingerprint density at radius 2 is 2.04 bits per heavy atom. The number of aromatic nitrogens is 2. The van der Waals surface area contributed by atoms with Crippen LogP contribution in [0, 0.1) is 0 Å². The number of ether oxygens (including phenoxy) is 1. The Morgan fingerprint density at radius 3 is 2.83 bits per heavy atom. The van der Waals surface area contributed by atoms with Crippen molar-refractivity contribution in [2.75, 3.05) is 30.4 Å². The van der Waals surface area contributed by atoms with Crippen molar-refractivity contribution in [3.63, 3.8) is 0 Å². The predicted octanol–water partition coefficient (Wildman–Crippen LogP) is 3.00. The average molecular weight is 312 g/mol. The smallest absolute Gasteiger partial charge is 0.337 e. The number of carbonyl (C=O) groups is 1. The van der Waals surface area contributed by atoms with E-state index in [1.165, 1.54) is 26.4 Å². The first-order valence-electron chi connectivity index (χ1n) is 7.79. The number of rotatable bonds is 4. The molecule has 0 amide bonds. The molecule has 0 unspecified atom stereocenters. The van der Waals surface area contributed by atoms with Gasteiger partial charge in [-0.2, -0.15) is 4.98 Å². The van der Waals surface area contributed by atoms with Gasteiger partial charge in [0.25, 0.3) is 0 Å². The maximum atomic E-state index is 11.6. The number of piperidine rings is 1. The summed E-state index contributed by atoms with van der Waals surface area (Å²) in [5.74, 6) is 1.10. The molecular formula is C17H20N4O2. The highest BCUT2D eigenvalue weighted by molar-refractivity contribution is 5.90. The highest BCUT2D eigenvalue weighted by Gasteiger charge is 2.13. The third kappa shape index (κ3) is 3.77. The van der Waals surface area contributed by atoms with Gasteiger partial charge in [0, 0.05) is 25.0 Å². The molecule has 1 aliphatic heterocycles. The van der Waals surface area contributed by atoms with Crippen LogP contribution in [0.4, 0.5) is 17.5 Å². The van der Waals surface area contributed by atoms with E-state index in [2.05, 4.69) is 20.2 Å². The molecule has 1 aromatic carbocycles. The molecule has 6 heteroatoms. The van der Waals surface area contributed by atoms with Crippen LogP contribution in [0.2, 0.25) is 0 Å². The molecule has 6 nitrogen and oxygen atoms in total. The molecule has 1 aliphatic rings. The van der Waals surface area contributed by atoms with Crippen LogP contribution < -0.4 is 10.2 Å². The van der Waals surface area contributed by atoms with Crippen molar-refractivity contribution in [1.82, 2.24) is 9.97 Å². The van der Waals surface area contributed by atoms with E-state index in [1.54, 1.807) is 24.4 Å². The lowest BCUT2D eigenvalue weighted by Crippen LogP contribution is -2.30. The van der Waals surface area contributed by atoms with Gasteiger partial charge in [0.15, 0.2) is 0 Å². The average Bonchev–Trinajstić information content (AvgIpc) is 2.62. The van der Waals surface area contributed by atoms with Crippen LogP contribution in [-0.4, -0.2) is 36.1 Å². The topological polar surface area (TPSA) is 67.3 Å². The van der Waals surface area contributed by atoms with Crippen LogP contribution in [0.25, 0.3) is 0 Å². The Bertz CT molecular complexity index is 684. The van der Waals surface area contributed by atoms with Gasteiger partial charge in [0.1, 0.15) is 5.82 Å². The van der Waals surface area contributed by atoms with E-state index in [0.29, 0.717) is 11.5 Å². The van der Waals surface area contributed by atoms with Crippen molar-refractivity contribution in [3.05, 3.63) is 42.1 Å². The lowest BCUT2D eigenvalue weighted by molar-refractivity contribution is 0.0601. The largest absolute Gasteiger partial charge is 0.465 e. The third-order valence-electron chi connectivity index (χ3n) is 3.86. The van der Waals surface area contributed by atoms with Crippen molar-refractivity contribution < 1.29 is 9.53 Å². The number of methoxy groups -OCH3 is 1. The Balaban J connectivity index is 1.76. The summed E-state index contributed by atoms with van der Waals surface area (Å²) in [7, 11) is 1.37. The van der Waals surface area contributed by atoms with Gasteiger partial charge in [-0.3, -0.25) is 0 Å². The van der Waals surface area contributed by atoms with Gasteiger partial charge in [-0.25, -0.2) is 9.78 Å². The lowest BCUT2D eigenvalue weighted by atomic mass is 10.1. The Kier molecular flexibility index (Phi) is 4.71. The number of esters is 1. The lowest BCUT2D eigenvalue weighted by Gasteiger charge is -2.27. The molecule has 0 spiro atoms.